The van der Waals surface area contributed by atoms with E-state index in [2.05, 4.69) is 0 Å². The Balaban J connectivity index is 1.44. The van der Waals surface area contributed by atoms with Crippen molar-refractivity contribution < 1.29 is 23.0 Å². The molecule has 28 heavy (non-hydrogen) atoms. The molecule has 0 aromatic heterocycles. The molecule has 0 spiro atoms. The van der Waals surface area contributed by atoms with Crippen molar-refractivity contribution in [1.82, 2.24) is 4.90 Å². The Morgan fingerprint density at radius 3 is 2.68 bits per heavy atom. The topological polar surface area (TPSA) is 38.8 Å². The Hall–Kier alpha value is -2.28. The van der Waals surface area contributed by atoms with Gasteiger partial charge < -0.3 is 14.4 Å². The van der Waals surface area contributed by atoms with E-state index in [0.717, 1.165) is 48.5 Å². The number of carbonyl (C=O) groups is 1. The molecule has 0 N–H and O–H groups in total. The summed E-state index contributed by atoms with van der Waals surface area (Å²) < 4.78 is 37.8. The molecule has 4 rings (SSSR count). The average molecular weight is 405 g/mol. The van der Waals surface area contributed by atoms with Crippen LogP contribution in [0.3, 0.4) is 0 Å². The zero-order valence-corrected chi connectivity index (χ0v) is 16.1. The predicted octanol–water partition coefficient (Wildman–Crippen LogP) is 4.58. The molecule has 0 radical (unpaired) electrons. The first kappa shape index (κ1) is 19.1. The second-order valence-electron chi connectivity index (χ2n) is 6.87. The van der Waals surface area contributed by atoms with Crippen molar-refractivity contribution in [1.29, 1.82) is 0 Å². The lowest BCUT2D eigenvalue weighted by Crippen LogP contribution is -2.32. The number of ether oxygens (including phenoxy) is 2. The van der Waals surface area contributed by atoms with Gasteiger partial charge >= 0.3 is 0 Å². The fourth-order valence-electron chi connectivity index (χ4n) is 3.59. The molecule has 0 saturated carbocycles. The quantitative estimate of drug-likeness (QED) is 0.698. The fraction of sp³-hybridized carbons (Fsp3) is 0.381. The van der Waals surface area contributed by atoms with Gasteiger partial charge in [-0.05, 0) is 48.7 Å². The van der Waals surface area contributed by atoms with E-state index in [1.807, 2.05) is 23.1 Å². The number of benzene rings is 2. The third-order valence-corrected chi connectivity index (χ3v) is 5.96. The second-order valence-corrected chi connectivity index (χ2v) is 7.92. The van der Waals surface area contributed by atoms with Gasteiger partial charge in [0.2, 0.25) is 5.91 Å². The average Bonchev–Trinajstić information content (AvgIpc) is 3.07. The highest BCUT2D eigenvalue weighted by molar-refractivity contribution is 8.00. The number of fused-ring (bicyclic) bond motifs is 1. The first-order valence-electron chi connectivity index (χ1n) is 9.39. The minimum absolute atomic E-state index is 0.00444. The van der Waals surface area contributed by atoms with Gasteiger partial charge in [-0.3, -0.25) is 4.79 Å². The number of likely N-dealkylation sites (tertiary alicyclic amines) is 1. The Morgan fingerprint density at radius 1 is 1.04 bits per heavy atom. The molecule has 1 saturated heterocycles. The fourth-order valence-corrected chi connectivity index (χ4v) is 4.40. The van der Waals surface area contributed by atoms with E-state index in [1.54, 1.807) is 0 Å². The molecule has 2 aromatic carbocycles. The predicted molar refractivity (Wildman–Crippen MR) is 103 cm³/mol. The third-order valence-electron chi connectivity index (χ3n) is 4.98. The first-order chi connectivity index (χ1) is 13.6. The van der Waals surface area contributed by atoms with Crippen LogP contribution in [0, 0.1) is 11.6 Å². The number of rotatable bonds is 4. The Morgan fingerprint density at radius 2 is 1.86 bits per heavy atom. The summed E-state index contributed by atoms with van der Waals surface area (Å²) in [6.45, 7) is 1.95. The Kier molecular flexibility index (Phi) is 5.71. The van der Waals surface area contributed by atoms with E-state index in [0.29, 0.717) is 24.7 Å². The van der Waals surface area contributed by atoms with Crippen LogP contribution in [0.15, 0.2) is 41.3 Å². The van der Waals surface area contributed by atoms with Crippen molar-refractivity contribution in [2.75, 3.05) is 25.5 Å². The van der Waals surface area contributed by atoms with E-state index < -0.39 is 11.6 Å². The minimum atomic E-state index is -0.899. The van der Waals surface area contributed by atoms with E-state index in [1.165, 1.54) is 17.8 Å². The molecule has 148 valence electrons. The molecule has 4 nitrogen and oxygen atoms in total. The highest BCUT2D eigenvalue weighted by atomic mass is 32.2. The van der Waals surface area contributed by atoms with Gasteiger partial charge in [0.1, 0.15) is 0 Å². The molecular formula is C21H21F2NO3S. The number of amides is 1. The van der Waals surface area contributed by atoms with E-state index in [9.17, 15) is 13.6 Å². The lowest BCUT2D eigenvalue weighted by Gasteiger charge is -2.25. The highest BCUT2D eigenvalue weighted by Gasteiger charge is 2.30. The molecule has 1 unspecified atom stereocenters. The lowest BCUT2D eigenvalue weighted by atomic mass is 10.0. The number of carbonyl (C=O) groups excluding carboxylic acids is 1. The molecule has 2 aliphatic heterocycles. The second kappa shape index (κ2) is 8.39. The van der Waals surface area contributed by atoms with E-state index in [-0.39, 0.29) is 17.7 Å². The number of nitrogens with zero attached hydrogens (tertiary/aromatic N) is 1. The summed E-state index contributed by atoms with van der Waals surface area (Å²) in [5.74, 6) is -0.138. The molecule has 1 amide bonds. The molecule has 0 aliphatic carbocycles. The maximum atomic E-state index is 13.3. The number of hydrogen-bond acceptors (Lipinski definition) is 4. The van der Waals surface area contributed by atoms with Crippen LogP contribution >= 0.6 is 11.8 Å². The molecule has 7 heteroatoms. The summed E-state index contributed by atoms with van der Waals surface area (Å²) >= 11 is 1.22. The maximum absolute atomic E-state index is 13.3. The SMILES string of the molecule is O=C(CSc1ccc(F)c(F)c1)N1CCCC1c1ccc2c(c1)OCCCO2. The molecule has 1 fully saturated rings. The van der Waals surface area contributed by atoms with E-state index in [4.69, 9.17) is 9.47 Å². The summed E-state index contributed by atoms with van der Waals surface area (Å²) in [4.78, 5) is 15.2. The standard InChI is InChI=1S/C21H21F2NO3S/c22-16-6-5-15(12-17(16)23)28-13-21(25)24-8-1-3-18(24)14-4-7-19-20(11-14)27-10-2-9-26-19/h4-7,11-12,18H,1-3,8-10,13H2. The number of halogens is 2. The molecule has 2 heterocycles. The molecule has 2 aliphatic rings. The third kappa shape index (κ3) is 4.09. The summed E-state index contributed by atoms with van der Waals surface area (Å²) in [6, 6.07) is 9.56. The number of hydrogen-bond donors (Lipinski definition) is 0. The van der Waals surface area contributed by atoms with Gasteiger partial charge in [0.15, 0.2) is 23.1 Å². The molecule has 2 aromatic rings. The Labute approximate surface area is 166 Å². The van der Waals surface area contributed by atoms with Crippen LogP contribution in [-0.4, -0.2) is 36.3 Å². The highest BCUT2D eigenvalue weighted by Crippen LogP contribution is 2.38. The van der Waals surface area contributed by atoms with Crippen LogP contribution in [0.4, 0.5) is 8.78 Å². The summed E-state index contributed by atoms with van der Waals surface area (Å²) in [5.41, 5.74) is 1.04. The van der Waals surface area contributed by atoms with Crippen molar-refractivity contribution in [2.45, 2.75) is 30.2 Å². The van der Waals surface area contributed by atoms with Gasteiger partial charge in [-0.15, -0.1) is 11.8 Å². The van der Waals surface area contributed by atoms with Crippen LogP contribution < -0.4 is 9.47 Å². The minimum Gasteiger partial charge on any atom is -0.490 e. The van der Waals surface area contributed by atoms with Crippen molar-refractivity contribution >= 4 is 17.7 Å². The van der Waals surface area contributed by atoms with Crippen LogP contribution in [-0.2, 0) is 4.79 Å². The Bertz CT molecular complexity index is 877. The first-order valence-corrected chi connectivity index (χ1v) is 10.4. The van der Waals surface area contributed by atoms with E-state index >= 15 is 0 Å². The molecule has 0 bridgehead atoms. The van der Waals surface area contributed by atoms with Crippen LogP contribution in [0.5, 0.6) is 11.5 Å². The van der Waals surface area contributed by atoms with Crippen LogP contribution in [0.1, 0.15) is 30.9 Å². The van der Waals surface area contributed by atoms with Gasteiger partial charge in [-0.1, -0.05) is 6.07 Å². The molecule has 1 atom stereocenters. The largest absolute Gasteiger partial charge is 0.490 e. The number of thioether (sulfide) groups is 1. The zero-order chi connectivity index (χ0) is 19.5. The van der Waals surface area contributed by atoms with Gasteiger partial charge in [0.05, 0.1) is 25.0 Å². The zero-order valence-electron chi connectivity index (χ0n) is 15.3. The van der Waals surface area contributed by atoms with Crippen molar-refractivity contribution in [2.24, 2.45) is 0 Å². The van der Waals surface area contributed by atoms with Crippen LogP contribution in [0.2, 0.25) is 0 Å². The summed E-state index contributed by atoms with van der Waals surface area (Å²) in [7, 11) is 0. The van der Waals surface area contributed by atoms with Crippen molar-refractivity contribution in [3.8, 4) is 11.5 Å². The molecular weight excluding hydrogens is 384 g/mol. The van der Waals surface area contributed by atoms with Gasteiger partial charge in [0, 0.05) is 17.9 Å². The smallest absolute Gasteiger partial charge is 0.233 e. The van der Waals surface area contributed by atoms with Gasteiger partial charge in [0.25, 0.3) is 0 Å². The van der Waals surface area contributed by atoms with Crippen LogP contribution in [0.25, 0.3) is 0 Å². The summed E-state index contributed by atoms with van der Waals surface area (Å²) in [6.07, 6.45) is 2.67. The van der Waals surface area contributed by atoms with Crippen molar-refractivity contribution in [3.63, 3.8) is 0 Å². The maximum Gasteiger partial charge on any atom is 0.233 e. The van der Waals surface area contributed by atoms with Gasteiger partial charge in [-0.2, -0.15) is 0 Å². The normalized spacial score (nSPS) is 18.8. The monoisotopic (exact) mass is 405 g/mol. The lowest BCUT2D eigenvalue weighted by molar-refractivity contribution is -0.129. The van der Waals surface area contributed by atoms with Gasteiger partial charge in [-0.25, -0.2) is 8.78 Å². The summed E-state index contributed by atoms with van der Waals surface area (Å²) in [5, 5.41) is 0. The van der Waals surface area contributed by atoms with Crippen molar-refractivity contribution in [3.05, 3.63) is 53.6 Å².